The molecule has 3 nitrogen and oxygen atoms in total. The van der Waals surface area contributed by atoms with Crippen LogP contribution in [0, 0.1) is 5.41 Å². The van der Waals surface area contributed by atoms with Crippen LogP contribution in [0.15, 0.2) is 0 Å². The average molecular weight is 173 g/mol. The first-order valence-corrected chi connectivity index (χ1v) is 4.51. The molecule has 0 aliphatic carbocycles. The maximum Gasteiger partial charge on any atom is 0.0734 e. The molecule has 1 rings (SSSR count). The molecule has 0 aromatic heterocycles. The summed E-state index contributed by atoms with van der Waals surface area (Å²) in [4.78, 5) is 5.33. The van der Waals surface area contributed by atoms with Crippen molar-refractivity contribution in [2.24, 2.45) is 5.41 Å². The second-order valence-corrected chi connectivity index (χ2v) is 4.34. The quantitative estimate of drug-likeness (QED) is 0.653. The van der Waals surface area contributed by atoms with Crippen molar-refractivity contribution in [2.45, 2.75) is 39.8 Å². The van der Waals surface area contributed by atoms with Crippen LogP contribution >= 0.6 is 0 Å². The number of hydrogen-bond acceptors (Lipinski definition) is 3. The lowest BCUT2D eigenvalue weighted by atomic mass is 9.89. The number of hydroxylamine groups is 1. The van der Waals surface area contributed by atoms with Crippen LogP contribution in [-0.2, 0) is 9.57 Å². The zero-order chi connectivity index (χ0) is 9.19. The Bertz CT molecular complexity index is 145. The van der Waals surface area contributed by atoms with E-state index in [1.54, 1.807) is 0 Å². The van der Waals surface area contributed by atoms with Crippen molar-refractivity contribution in [3.05, 3.63) is 0 Å². The van der Waals surface area contributed by atoms with Crippen LogP contribution in [0.5, 0.6) is 0 Å². The Hall–Kier alpha value is -0.120. The third-order valence-corrected chi connectivity index (χ3v) is 2.15. The highest BCUT2D eigenvalue weighted by Crippen LogP contribution is 2.27. The van der Waals surface area contributed by atoms with Crippen LogP contribution in [-0.4, -0.2) is 25.4 Å². The molecular formula is C9H19NO2. The van der Waals surface area contributed by atoms with Crippen LogP contribution in [0.25, 0.3) is 0 Å². The summed E-state index contributed by atoms with van der Waals surface area (Å²) in [5.74, 6) is 0. The Morgan fingerprint density at radius 2 is 2.17 bits per heavy atom. The zero-order valence-corrected chi connectivity index (χ0v) is 8.39. The predicted octanol–water partition coefficient (Wildman–Crippen LogP) is 1.34. The van der Waals surface area contributed by atoms with Gasteiger partial charge in [0.25, 0.3) is 0 Å². The van der Waals surface area contributed by atoms with E-state index in [9.17, 15) is 0 Å². The lowest BCUT2D eigenvalue weighted by molar-refractivity contribution is -0.0407. The van der Waals surface area contributed by atoms with Crippen molar-refractivity contribution >= 4 is 0 Å². The van der Waals surface area contributed by atoms with E-state index in [1.165, 1.54) is 0 Å². The Kier molecular flexibility index (Phi) is 3.09. The molecule has 3 heteroatoms. The highest BCUT2D eigenvalue weighted by Gasteiger charge is 2.35. The lowest BCUT2D eigenvalue weighted by Crippen LogP contribution is -2.41. The molecule has 1 N–H and O–H groups in total. The molecule has 0 bridgehead atoms. The molecule has 0 spiro atoms. The standard InChI is InChI=1S/C9H19NO2/c1-7(2)12-10-8-5-11-6-9(8,3)4/h7-8,10H,5-6H2,1-4H3. The summed E-state index contributed by atoms with van der Waals surface area (Å²) in [6, 6.07) is 0.319. The predicted molar refractivity (Wildman–Crippen MR) is 47.7 cm³/mol. The van der Waals surface area contributed by atoms with Crippen molar-refractivity contribution in [2.75, 3.05) is 13.2 Å². The Morgan fingerprint density at radius 1 is 1.50 bits per heavy atom. The van der Waals surface area contributed by atoms with Crippen molar-refractivity contribution in [3.63, 3.8) is 0 Å². The SMILES string of the molecule is CC(C)ONC1COCC1(C)C. The molecule has 1 fully saturated rings. The minimum absolute atomic E-state index is 0.189. The third-order valence-electron chi connectivity index (χ3n) is 2.15. The van der Waals surface area contributed by atoms with Crippen LogP contribution in [0.4, 0.5) is 0 Å². The fourth-order valence-electron chi connectivity index (χ4n) is 1.18. The van der Waals surface area contributed by atoms with Gasteiger partial charge in [0.1, 0.15) is 0 Å². The van der Waals surface area contributed by atoms with Crippen LogP contribution in [0.2, 0.25) is 0 Å². The minimum atomic E-state index is 0.189. The van der Waals surface area contributed by atoms with E-state index in [-0.39, 0.29) is 11.5 Å². The van der Waals surface area contributed by atoms with E-state index >= 15 is 0 Å². The summed E-state index contributed by atoms with van der Waals surface area (Å²) in [7, 11) is 0. The van der Waals surface area contributed by atoms with Gasteiger partial charge < -0.3 is 4.74 Å². The smallest absolute Gasteiger partial charge is 0.0734 e. The van der Waals surface area contributed by atoms with E-state index in [4.69, 9.17) is 9.57 Å². The van der Waals surface area contributed by atoms with Gasteiger partial charge in [0.15, 0.2) is 0 Å². The highest BCUT2D eigenvalue weighted by molar-refractivity contribution is 4.86. The Balaban J connectivity index is 2.32. The van der Waals surface area contributed by atoms with Gasteiger partial charge >= 0.3 is 0 Å². The maximum absolute atomic E-state index is 5.36. The zero-order valence-electron chi connectivity index (χ0n) is 8.39. The van der Waals surface area contributed by atoms with Gasteiger partial charge in [0.2, 0.25) is 0 Å². The summed E-state index contributed by atoms with van der Waals surface area (Å²) in [6.07, 6.45) is 0.224. The molecular weight excluding hydrogens is 154 g/mol. The molecule has 1 unspecified atom stereocenters. The molecule has 1 saturated heterocycles. The number of ether oxygens (including phenoxy) is 1. The maximum atomic E-state index is 5.36. The fourth-order valence-corrected chi connectivity index (χ4v) is 1.18. The summed E-state index contributed by atoms with van der Waals surface area (Å²) in [5, 5.41) is 0. The van der Waals surface area contributed by atoms with E-state index in [2.05, 4.69) is 19.3 Å². The van der Waals surface area contributed by atoms with Gasteiger partial charge in [-0.15, -0.1) is 0 Å². The van der Waals surface area contributed by atoms with Crippen molar-refractivity contribution in [1.29, 1.82) is 0 Å². The molecule has 72 valence electrons. The summed E-state index contributed by atoms with van der Waals surface area (Å²) >= 11 is 0. The second-order valence-electron chi connectivity index (χ2n) is 4.34. The van der Waals surface area contributed by atoms with Gasteiger partial charge in [-0.25, -0.2) is 0 Å². The number of hydrogen-bond donors (Lipinski definition) is 1. The molecule has 0 saturated carbocycles. The molecule has 1 heterocycles. The Morgan fingerprint density at radius 3 is 2.58 bits per heavy atom. The monoisotopic (exact) mass is 173 g/mol. The molecule has 1 atom stereocenters. The van der Waals surface area contributed by atoms with Gasteiger partial charge in [-0.2, -0.15) is 5.48 Å². The van der Waals surface area contributed by atoms with E-state index in [0.717, 1.165) is 13.2 Å². The molecule has 0 aromatic rings. The number of rotatable bonds is 3. The average Bonchev–Trinajstić information content (AvgIpc) is 2.25. The molecule has 12 heavy (non-hydrogen) atoms. The Labute approximate surface area is 74.4 Å². The van der Waals surface area contributed by atoms with E-state index < -0.39 is 0 Å². The summed E-state index contributed by atoms with van der Waals surface area (Å²) in [5.41, 5.74) is 3.24. The first-order valence-electron chi connectivity index (χ1n) is 4.51. The second kappa shape index (κ2) is 3.73. The number of nitrogens with one attached hydrogen (secondary N) is 1. The van der Waals surface area contributed by atoms with Gasteiger partial charge in [-0.05, 0) is 13.8 Å². The van der Waals surface area contributed by atoms with Crippen LogP contribution in [0.3, 0.4) is 0 Å². The molecule has 0 radical (unpaired) electrons. The molecule has 0 amide bonds. The summed E-state index contributed by atoms with van der Waals surface area (Å²) in [6.45, 7) is 9.94. The van der Waals surface area contributed by atoms with Crippen molar-refractivity contribution in [3.8, 4) is 0 Å². The van der Waals surface area contributed by atoms with Gasteiger partial charge in [-0.3, -0.25) is 4.84 Å². The van der Waals surface area contributed by atoms with Crippen LogP contribution < -0.4 is 5.48 Å². The first kappa shape index (κ1) is 9.96. The van der Waals surface area contributed by atoms with E-state index in [0.29, 0.717) is 6.04 Å². The minimum Gasteiger partial charge on any atom is -0.379 e. The van der Waals surface area contributed by atoms with Crippen LogP contribution in [0.1, 0.15) is 27.7 Å². The van der Waals surface area contributed by atoms with Crippen molar-refractivity contribution in [1.82, 2.24) is 5.48 Å². The van der Waals surface area contributed by atoms with E-state index in [1.807, 2.05) is 13.8 Å². The summed E-state index contributed by atoms with van der Waals surface area (Å²) < 4.78 is 5.36. The molecule has 1 aliphatic heterocycles. The molecule has 0 aromatic carbocycles. The highest BCUT2D eigenvalue weighted by atomic mass is 16.7. The lowest BCUT2D eigenvalue weighted by Gasteiger charge is -2.25. The third kappa shape index (κ3) is 2.44. The molecule has 1 aliphatic rings. The topological polar surface area (TPSA) is 30.5 Å². The van der Waals surface area contributed by atoms with Gasteiger partial charge in [-0.1, -0.05) is 13.8 Å². The van der Waals surface area contributed by atoms with Gasteiger partial charge in [0.05, 0.1) is 25.4 Å². The van der Waals surface area contributed by atoms with Crippen molar-refractivity contribution < 1.29 is 9.57 Å². The van der Waals surface area contributed by atoms with Gasteiger partial charge in [0, 0.05) is 5.41 Å². The fraction of sp³-hybridized carbons (Fsp3) is 1.00. The first-order chi connectivity index (χ1) is 5.52. The largest absolute Gasteiger partial charge is 0.379 e. The normalized spacial score (nSPS) is 28.2.